The summed E-state index contributed by atoms with van der Waals surface area (Å²) in [5, 5.41) is 12.5. The number of nitrogens with one attached hydrogen (secondary N) is 1. The molecule has 0 aromatic heterocycles. The zero-order valence-corrected chi connectivity index (χ0v) is 14.8. The Kier molecular flexibility index (Phi) is 4.36. The van der Waals surface area contributed by atoms with Gasteiger partial charge in [0.25, 0.3) is 0 Å². The molecule has 5 rings (SSSR count). The number of carbonyl (C=O) groups excluding carboxylic acids is 1. The summed E-state index contributed by atoms with van der Waals surface area (Å²) in [7, 11) is 0. The van der Waals surface area contributed by atoms with Crippen molar-refractivity contribution in [2.24, 2.45) is 5.41 Å². The van der Waals surface area contributed by atoms with E-state index in [0.717, 1.165) is 11.1 Å². The summed E-state index contributed by atoms with van der Waals surface area (Å²) in [6.45, 7) is 0.422. The van der Waals surface area contributed by atoms with E-state index in [0.29, 0.717) is 12.8 Å². The lowest BCUT2D eigenvalue weighted by Crippen LogP contribution is -2.54. The van der Waals surface area contributed by atoms with Gasteiger partial charge in [-0.05, 0) is 24.0 Å². The fourth-order valence-corrected chi connectivity index (χ4v) is 4.18. The van der Waals surface area contributed by atoms with Gasteiger partial charge in [0.05, 0.1) is 18.2 Å². The van der Waals surface area contributed by atoms with Gasteiger partial charge >= 0.3 is 12.1 Å². The molecule has 0 radical (unpaired) electrons. The molecule has 27 heavy (non-hydrogen) atoms. The molecule has 2 bridgehead atoms. The summed E-state index contributed by atoms with van der Waals surface area (Å²) in [5.74, 6) is -0.851. The zero-order chi connectivity index (χ0) is 18.9. The topological polar surface area (TPSA) is 84.9 Å². The van der Waals surface area contributed by atoms with Gasteiger partial charge < -0.3 is 19.9 Å². The van der Waals surface area contributed by atoms with Gasteiger partial charge in [0, 0.05) is 0 Å². The first-order valence-corrected chi connectivity index (χ1v) is 8.94. The van der Waals surface area contributed by atoms with Gasteiger partial charge in [-0.15, -0.1) is 0 Å². The van der Waals surface area contributed by atoms with E-state index in [1.807, 2.05) is 60.7 Å². The Morgan fingerprint density at radius 2 is 1.70 bits per heavy atom. The van der Waals surface area contributed by atoms with E-state index in [1.165, 1.54) is 0 Å². The van der Waals surface area contributed by atoms with E-state index in [9.17, 15) is 14.7 Å². The third-order valence-corrected chi connectivity index (χ3v) is 5.44. The number of alkyl carbamates (subject to hydrolysis) is 1. The molecule has 1 atom stereocenters. The van der Waals surface area contributed by atoms with Crippen LogP contribution in [0.15, 0.2) is 60.7 Å². The lowest BCUT2D eigenvalue weighted by Gasteiger charge is -2.42. The maximum Gasteiger partial charge on any atom is 0.407 e. The van der Waals surface area contributed by atoms with Gasteiger partial charge in [-0.25, -0.2) is 4.79 Å². The van der Waals surface area contributed by atoms with Crippen LogP contribution in [0.4, 0.5) is 4.79 Å². The van der Waals surface area contributed by atoms with Crippen LogP contribution in [0.3, 0.4) is 0 Å². The molecule has 2 heterocycles. The van der Waals surface area contributed by atoms with Gasteiger partial charge in [-0.3, -0.25) is 4.79 Å². The van der Waals surface area contributed by atoms with Gasteiger partial charge in [0.1, 0.15) is 12.0 Å². The van der Waals surface area contributed by atoms with Crippen LogP contribution in [0.2, 0.25) is 0 Å². The van der Waals surface area contributed by atoms with Crippen LogP contribution in [0.1, 0.15) is 30.1 Å². The Morgan fingerprint density at radius 3 is 2.33 bits per heavy atom. The Hall–Kier alpha value is -2.86. The van der Waals surface area contributed by atoms with Crippen molar-refractivity contribution in [2.75, 3.05) is 6.54 Å². The van der Waals surface area contributed by atoms with Crippen molar-refractivity contribution in [3.63, 3.8) is 0 Å². The van der Waals surface area contributed by atoms with Crippen molar-refractivity contribution < 1.29 is 24.2 Å². The predicted molar refractivity (Wildman–Crippen MR) is 96.9 cm³/mol. The number of hydrogen-bond acceptors (Lipinski definition) is 4. The second-order valence-electron chi connectivity index (χ2n) is 7.32. The Bertz CT molecular complexity index is 830. The molecule has 2 N–H and O–H groups in total. The summed E-state index contributed by atoms with van der Waals surface area (Å²) >= 11 is 0. The Morgan fingerprint density at radius 1 is 1.07 bits per heavy atom. The minimum Gasteiger partial charge on any atom is -0.481 e. The minimum absolute atomic E-state index is 0.187. The number of benzene rings is 2. The second-order valence-corrected chi connectivity index (χ2v) is 7.32. The van der Waals surface area contributed by atoms with Crippen molar-refractivity contribution in [3.8, 4) is 0 Å². The van der Waals surface area contributed by atoms with Crippen LogP contribution in [-0.2, 0) is 20.9 Å². The third-order valence-electron chi connectivity index (χ3n) is 5.44. The van der Waals surface area contributed by atoms with Crippen molar-refractivity contribution in [1.29, 1.82) is 0 Å². The van der Waals surface area contributed by atoms with Gasteiger partial charge in [-0.2, -0.15) is 0 Å². The molecule has 1 amide bonds. The highest BCUT2D eigenvalue weighted by Crippen LogP contribution is 2.67. The molecule has 3 aliphatic rings. The quantitative estimate of drug-likeness (QED) is 0.818. The van der Waals surface area contributed by atoms with Crippen molar-refractivity contribution >= 4 is 12.1 Å². The van der Waals surface area contributed by atoms with E-state index in [1.54, 1.807) is 0 Å². The average Bonchev–Trinajstić information content (AvgIpc) is 3.19. The van der Waals surface area contributed by atoms with E-state index < -0.39 is 29.2 Å². The highest BCUT2D eigenvalue weighted by molar-refractivity contribution is 5.79. The van der Waals surface area contributed by atoms with E-state index in [4.69, 9.17) is 9.47 Å². The normalized spacial score (nSPS) is 28.2. The zero-order valence-electron chi connectivity index (χ0n) is 14.8. The Balaban J connectivity index is 1.36. The summed E-state index contributed by atoms with van der Waals surface area (Å²) < 4.78 is 11.3. The molecule has 1 unspecified atom stereocenters. The number of aliphatic carboxylic acids is 1. The standard InChI is InChI=1S/C21H21NO5/c23-18(24)21-12-20(13-21,27-17(21)16-9-5-2-6-10-16)14-22-19(25)26-11-15-7-3-1-4-8-15/h1-10,17H,11-14H2,(H,22,25)(H,23,24). The van der Waals surface area contributed by atoms with Crippen molar-refractivity contribution in [2.45, 2.75) is 31.2 Å². The molecule has 6 heteroatoms. The molecule has 140 valence electrons. The second kappa shape index (κ2) is 6.70. The highest BCUT2D eigenvalue weighted by Gasteiger charge is 2.72. The summed E-state index contributed by atoms with van der Waals surface area (Å²) in [4.78, 5) is 23.9. The van der Waals surface area contributed by atoms with E-state index in [-0.39, 0.29) is 13.2 Å². The molecular weight excluding hydrogens is 346 g/mol. The minimum atomic E-state index is -0.920. The number of carboxylic acid groups (broad SMARTS) is 1. The molecule has 1 saturated carbocycles. The number of fused-ring (bicyclic) bond motifs is 1. The largest absolute Gasteiger partial charge is 0.481 e. The van der Waals surface area contributed by atoms with Gasteiger partial charge in [0.2, 0.25) is 0 Å². The number of rotatable bonds is 6. The first kappa shape index (κ1) is 17.5. The molecule has 6 nitrogen and oxygen atoms in total. The number of hydrogen-bond donors (Lipinski definition) is 2. The van der Waals surface area contributed by atoms with E-state index in [2.05, 4.69) is 5.32 Å². The third kappa shape index (κ3) is 3.17. The van der Waals surface area contributed by atoms with Crippen LogP contribution in [0, 0.1) is 5.41 Å². The first-order chi connectivity index (χ1) is 13.0. The molecular formula is C21H21NO5. The monoisotopic (exact) mass is 367 g/mol. The smallest absolute Gasteiger partial charge is 0.407 e. The molecule has 2 aliphatic heterocycles. The molecule has 3 fully saturated rings. The predicted octanol–water partition coefficient (Wildman–Crippen LogP) is 3.29. The summed E-state index contributed by atoms with van der Waals surface area (Å²) in [5.41, 5.74) is 0.188. The number of carboxylic acids is 1. The molecule has 2 aromatic carbocycles. The summed E-state index contributed by atoms with van der Waals surface area (Å²) in [6.07, 6.45) is -0.270. The number of amides is 1. The summed E-state index contributed by atoms with van der Waals surface area (Å²) in [6, 6.07) is 18.8. The van der Waals surface area contributed by atoms with Crippen molar-refractivity contribution in [1.82, 2.24) is 5.32 Å². The van der Waals surface area contributed by atoms with Crippen molar-refractivity contribution in [3.05, 3.63) is 71.8 Å². The highest BCUT2D eigenvalue weighted by atomic mass is 16.6. The van der Waals surface area contributed by atoms with Crippen LogP contribution < -0.4 is 5.32 Å². The van der Waals surface area contributed by atoms with Crippen LogP contribution in [0.25, 0.3) is 0 Å². The lowest BCUT2D eigenvalue weighted by atomic mass is 9.59. The number of carbonyl (C=O) groups is 2. The van der Waals surface area contributed by atoms with Crippen LogP contribution >= 0.6 is 0 Å². The lowest BCUT2D eigenvalue weighted by molar-refractivity contribution is -0.155. The molecule has 1 aliphatic carbocycles. The van der Waals surface area contributed by atoms with Crippen LogP contribution in [-0.4, -0.2) is 29.3 Å². The molecule has 0 spiro atoms. The first-order valence-electron chi connectivity index (χ1n) is 8.94. The molecule has 2 saturated heterocycles. The maximum atomic E-state index is 12.0. The molecule has 2 aromatic rings. The fourth-order valence-electron chi connectivity index (χ4n) is 4.18. The van der Waals surface area contributed by atoms with Gasteiger partial charge in [-0.1, -0.05) is 60.7 Å². The average molecular weight is 367 g/mol. The fraction of sp³-hybridized carbons (Fsp3) is 0.333. The Labute approximate surface area is 157 Å². The van der Waals surface area contributed by atoms with Gasteiger partial charge in [0.15, 0.2) is 0 Å². The van der Waals surface area contributed by atoms with Crippen LogP contribution in [0.5, 0.6) is 0 Å². The maximum absolute atomic E-state index is 12.0. The number of ether oxygens (including phenoxy) is 2. The SMILES string of the molecule is O=C(NCC12CC(C(=O)O)(C1)C(c1ccccc1)O2)OCc1ccccc1. The van der Waals surface area contributed by atoms with E-state index >= 15 is 0 Å².